The van der Waals surface area contributed by atoms with Crippen LogP contribution >= 0.6 is 0 Å². The van der Waals surface area contributed by atoms with Crippen LogP contribution in [-0.2, 0) is 27.7 Å². The molecule has 0 heterocycles. The number of halogens is 1. The summed E-state index contributed by atoms with van der Waals surface area (Å²) in [6.07, 6.45) is 1.09. The monoisotopic (exact) mass is 379 g/mol. The first-order valence-electron chi connectivity index (χ1n) is 8.37. The fraction of sp³-hybridized carbons (Fsp3) is 0.316. The number of rotatable bonds is 7. The second-order valence-corrected chi connectivity index (χ2v) is 7.72. The number of anilines is 1. The predicted octanol–water partition coefficient (Wildman–Crippen LogP) is 3.62. The van der Waals surface area contributed by atoms with Gasteiger partial charge in [-0.2, -0.15) is 0 Å². The lowest BCUT2D eigenvalue weighted by molar-refractivity contribution is -0.137. The van der Waals surface area contributed by atoms with E-state index >= 15 is 0 Å². The number of hydrogen-bond acceptors (Lipinski definition) is 3. The van der Waals surface area contributed by atoms with E-state index in [1.807, 2.05) is 19.9 Å². The summed E-state index contributed by atoms with van der Waals surface area (Å²) in [5, 5.41) is 9.53. The summed E-state index contributed by atoms with van der Waals surface area (Å²) >= 11 is 0. The number of aliphatic carboxylic acids is 1. The highest BCUT2D eigenvalue weighted by atomic mass is 32.2. The van der Waals surface area contributed by atoms with Gasteiger partial charge in [-0.25, -0.2) is 17.6 Å². The van der Waals surface area contributed by atoms with E-state index in [1.54, 1.807) is 12.1 Å². The molecule has 2 rings (SSSR count). The maximum absolute atomic E-state index is 13.3. The molecule has 0 radical (unpaired) electrons. The molecule has 0 aromatic heterocycles. The van der Waals surface area contributed by atoms with E-state index in [0.29, 0.717) is 18.5 Å². The standard InChI is InChI=1S/C19H22FNO4S/c1-4-14-7-6-8-15(5-2)18(14)21(13(3)19(22)23)26(24,25)17-11-9-16(20)10-12-17/h6-13H,4-5H2,1-3H3,(H,22,23). The molecule has 0 fully saturated rings. The zero-order chi connectivity index (χ0) is 19.5. The van der Waals surface area contributed by atoms with Crippen molar-refractivity contribution in [3.63, 3.8) is 0 Å². The number of sulfonamides is 1. The lowest BCUT2D eigenvalue weighted by Crippen LogP contribution is -2.44. The Bertz CT molecular complexity index is 872. The smallest absolute Gasteiger partial charge is 0.327 e. The maximum Gasteiger partial charge on any atom is 0.327 e. The average Bonchev–Trinajstić information content (AvgIpc) is 2.61. The van der Waals surface area contributed by atoms with Crippen molar-refractivity contribution in [2.24, 2.45) is 0 Å². The van der Waals surface area contributed by atoms with Crippen LogP contribution in [0.5, 0.6) is 0 Å². The molecule has 0 saturated heterocycles. The molecule has 7 heteroatoms. The highest BCUT2D eigenvalue weighted by Crippen LogP contribution is 2.33. The van der Waals surface area contributed by atoms with E-state index in [2.05, 4.69) is 0 Å². The molecular weight excluding hydrogens is 357 g/mol. The summed E-state index contributed by atoms with van der Waals surface area (Å²) in [6, 6.07) is 8.47. The molecule has 5 nitrogen and oxygen atoms in total. The summed E-state index contributed by atoms with van der Waals surface area (Å²) in [5.74, 6) is -1.83. The van der Waals surface area contributed by atoms with Crippen LogP contribution in [0.2, 0.25) is 0 Å². The van der Waals surface area contributed by atoms with Gasteiger partial charge in [0.2, 0.25) is 0 Å². The summed E-state index contributed by atoms with van der Waals surface area (Å²) in [6.45, 7) is 5.09. The second kappa shape index (κ2) is 7.86. The summed E-state index contributed by atoms with van der Waals surface area (Å²) in [5.41, 5.74) is 1.86. The Kier molecular flexibility index (Phi) is 6.02. The average molecular weight is 379 g/mol. The molecule has 0 spiro atoms. The molecule has 2 aromatic carbocycles. The van der Waals surface area contributed by atoms with Crippen molar-refractivity contribution in [2.45, 2.75) is 44.6 Å². The van der Waals surface area contributed by atoms with E-state index in [-0.39, 0.29) is 4.90 Å². The van der Waals surface area contributed by atoms with E-state index in [0.717, 1.165) is 39.7 Å². The van der Waals surface area contributed by atoms with E-state index in [9.17, 15) is 22.7 Å². The molecule has 0 saturated carbocycles. The van der Waals surface area contributed by atoms with Crippen LogP contribution in [0.15, 0.2) is 47.4 Å². The SMILES string of the molecule is CCc1cccc(CC)c1N(C(C)C(=O)O)S(=O)(=O)c1ccc(F)cc1. The molecule has 1 unspecified atom stereocenters. The molecule has 0 aliphatic heterocycles. The van der Waals surface area contributed by atoms with Crippen LogP contribution in [0.4, 0.5) is 10.1 Å². The van der Waals surface area contributed by atoms with Crippen molar-refractivity contribution >= 4 is 21.7 Å². The zero-order valence-electron chi connectivity index (χ0n) is 14.9. The van der Waals surface area contributed by atoms with Crippen LogP contribution in [-0.4, -0.2) is 25.5 Å². The Labute approximate surface area is 153 Å². The Morgan fingerprint density at radius 2 is 1.58 bits per heavy atom. The minimum absolute atomic E-state index is 0.153. The van der Waals surface area contributed by atoms with Gasteiger partial charge in [-0.05, 0) is 55.2 Å². The Morgan fingerprint density at radius 1 is 1.08 bits per heavy atom. The highest BCUT2D eigenvalue weighted by Gasteiger charge is 2.35. The van der Waals surface area contributed by atoms with Gasteiger partial charge in [0, 0.05) is 0 Å². The maximum atomic E-state index is 13.3. The largest absolute Gasteiger partial charge is 0.480 e. The van der Waals surface area contributed by atoms with Gasteiger partial charge in [0.25, 0.3) is 10.0 Å². The van der Waals surface area contributed by atoms with Crippen LogP contribution in [0.3, 0.4) is 0 Å². The minimum Gasteiger partial charge on any atom is -0.480 e. The van der Waals surface area contributed by atoms with Crippen molar-refractivity contribution in [3.05, 3.63) is 59.4 Å². The van der Waals surface area contributed by atoms with Gasteiger partial charge >= 0.3 is 5.97 Å². The topological polar surface area (TPSA) is 74.7 Å². The van der Waals surface area contributed by atoms with Crippen molar-refractivity contribution in [1.82, 2.24) is 0 Å². The van der Waals surface area contributed by atoms with Gasteiger partial charge in [-0.15, -0.1) is 0 Å². The third kappa shape index (κ3) is 3.72. The molecule has 0 aliphatic carbocycles. The van der Waals surface area contributed by atoms with Gasteiger partial charge in [0.1, 0.15) is 11.9 Å². The van der Waals surface area contributed by atoms with Gasteiger partial charge in [-0.3, -0.25) is 4.31 Å². The van der Waals surface area contributed by atoms with Gasteiger partial charge in [0.05, 0.1) is 10.6 Å². The third-order valence-corrected chi connectivity index (χ3v) is 6.15. The first kappa shape index (κ1) is 19.9. The number of carboxylic acid groups (broad SMARTS) is 1. The molecule has 140 valence electrons. The number of nitrogens with zero attached hydrogens (tertiary/aromatic N) is 1. The molecule has 0 aliphatic rings. The van der Waals surface area contributed by atoms with Gasteiger partial charge < -0.3 is 5.11 Å². The fourth-order valence-electron chi connectivity index (χ4n) is 2.84. The highest BCUT2D eigenvalue weighted by molar-refractivity contribution is 7.93. The molecular formula is C19H22FNO4S. The lowest BCUT2D eigenvalue weighted by Gasteiger charge is -2.31. The van der Waals surface area contributed by atoms with Crippen LogP contribution in [0.1, 0.15) is 31.9 Å². The molecule has 0 amide bonds. The summed E-state index contributed by atoms with van der Waals surface area (Å²) in [7, 11) is -4.19. The van der Waals surface area contributed by atoms with E-state index in [4.69, 9.17) is 0 Å². The number of para-hydroxylation sites is 1. The van der Waals surface area contributed by atoms with E-state index in [1.165, 1.54) is 6.92 Å². The number of carbonyl (C=O) groups is 1. The van der Waals surface area contributed by atoms with Crippen molar-refractivity contribution in [3.8, 4) is 0 Å². The molecule has 1 N–H and O–H groups in total. The molecule has 0 bridgehead atoms. The predicted molar refractivity (Wildman–Crippen MR) is 98.4 cm³/mol. The first-order valence-corrected chi connectivity index (χ1v) is 9.81. The number of aryl methyl sites for hydroxylation is 2. The number of carboxylic acids is 1. The summed E-state index contributed by atoms with van der Waals surface area (Å²) in [4.78, 5) is 11.5. The normalized spacial score (nSPS) is 12.6. The van der Waals surface area contributed by atoms with Crippen molar-refractivity contribution in [2.75, 3.05) is 4.31 Å². The second-order valence-electron chi connectivity index (χ2n) is 5.90. The molecule has 2 aromatic rings. The van der Waals surface area contributed by atoms with Crippen LogP contribution < -0.4 is 4.31 Å². The zero-order valence-corrected chi connectivity index (χ0v) is 15.8. The minimum atomic E-state index is -4.19. The number of benzene rings is 2. The third-order valence-electron chi connectivity index (χ3n) is 4.26. The number of hydrogen-bond donors (Lipinski definition) is 1. The fourth-order valence-corrected chi connectivity index (χ4v) is 4.53. The first-order chi connectivity index (χ1) is 12.2. The lowest BCUT2D eigenvalue weighted by atomic mass is 10.0. The van der Waals surface area contributed by atoms with Gasteiger partial charge in [-0.1, -0.05) is 32.0 Å². The molecule has 26 heavy (non-hydrogen) atoms. The Hall–Kier alpha value is -2.41. The van der Waals surface area contributed by atoms with Crippen molar-refractivity contribution in [1.29, 1.82) is 0 Å². The summed E-state index contributed by atoms with van der Waals surface area (Å²) < 4.78 is 40.7. The van der Waals surface area contributed by atoms with Crippen LogP contribution in [0, 0.1) is 5.82 Å². The Balaban J connectivity index is 2.77. The molecule has 1 atom stereocenters. The van der Waals surface area contributed by atoms with Crippen LogP contribution in [0.25, 0.3) is 0 Å². The Morgan fingerprint density at radius 3 is 2.00 bits per heavy atom. The van der Waals surface area contributed by atoms with Gasteiger partial charge in [0.15, 0.2) is 0 Å². The van der Waals surface area contributed by atoms with Crippen molar-refractivity contribution < 1.29 is 22.7 Å². The quantitative estimate of drug-likeness (QED) is 0.797. The van der Waals surface area contributed by atoms with E-state index < -0.39 is 27.9 Å².